The Morgan fingerprint density at radius 3 is 2.70 bits per heavy atom. The number of Topliss-reactive ketones (excluding diaryl/α,β-unsaturated/α-hetero) is 1. The number of carbonyl (C=O) groups is 2. The molecule has 0 radical (unpaired) electrons. The van der Waals surface area contributed by atoms with Crippen LogP contribution in [0.3, 0.4) is 0 Å². The lowest BCUT2D eigenvalue weighted by molar-refractivity contribution is -0.116. The van der Waals surface area contributed by atoms with E-state index in [-0.39, 0.29) is 23.3 Å². The highest BCUT2D eigenvalue weighted by molar-refractivity contribution is 6.30. The van der Waals surface area contributed by atoms with Gasteiger partial charge in [-0.1, -0.05) is 29.8 Å². The third kappa shape index (κ3) is 3.85. The zero-order valence-electron chi connectivity index (χ0n) is 15.9. The molecule has 4 aromatic rings. The monoisotopic (exact) mass is 421 g/mol. The van der Waals surface area contributed by atoms with Crippen molar-refractivity contribution in [3.05, 3.63) is 82.0 Å². The standard InChI is InChI=1S/C21H16ClN5O3/c1-13(28)14-4-2-6-16(8-14)25-19(29)11-26-12-23-20-18(21(26)30)10-24-27(20)17-7-3-5-15(22)9-17/h2-10,12H,11H2,1H3,(H,25,29). The lowest BCUT2D eigenvalue weighted by atomic mass is 10.1. The van der Waals surface area contributed by atoms with Gasteiger partial charge in [-0.05, 0) is 37.3 Å². The molecule has 0 atom stereocenters. The molecule has 0 saturated carbocycles. The van der Waals surface area contributed by atoms with Crippen LogP contribution in [0.2, 0.25) is 5.02 Å². The summed E-state index contributed by atoms with van der Waals surface area (Å²) < 4.78 is 2.72. The van der Waals surface area contributed by atoms with Crippen LogP contribution in [0.1, 0.15) is 17.3 Å². The van der Waals surface area contributed by atoms with Gasteiger partial charge in [0.05, 0.1) is 11.9 Å². The number of hydrogen-bond acceptors (Lipinski definition) is 5. The predicted octanol–water partition coefficient (Wildman–Crippen LogP) is 3.08. The van der Waals surface area contributed by atoms with Gasteiger partial charge in [-0.2, -0.15) is 5.10 Å². The maximum Gasteiger partial charge on any atom is 0.264 e. The van der Waals surface area contributed by atoms with Gasteiger partial charge >= 0.3 is 0 Å². The van der Waals surface area contributed by atoms with Crippen LogP contribution in [-0.4, -0.2) is 31.0 Å². The number of nitrogens with one attached hydrogen (secondary N) is 1. The number of nitrogens with zero attached hydrogens (tertiary/aromatic N) is 4. The minimum absolute atomic E-state index is 0.103. The average molecular weight is 422 g/mol. The van der Waals surface area contributed by atoms with Crippen LogP contribution in [0.5, 0.6) is 0 Å². The van der Waals surface area contributed by atoms with E-state index in [0.717, 1.165) is 0 Å². The molecular weight excluding hydrogens is 406 g/mol. The van der Waals surface area contributed by atoms with Crippen LogP contribution in [0.4, 0.5) is 5.69 Å². The summed E-state index contributed by atoms with van der Waals surface area (Å²) in [6, 6.07) is 13.6. The Hall–Kier alpha value is -3.78. The van der Waals surface area contributed by atoms with Gasteiger partial charge in [-0.3, -0.25) is 19.0 Å². The maximum absolute atomic E-state index is 12.8. The van der Waals surface area contributed by atoms with Crippen molar-refractivity contribution in [1.29, 1.82) is 0 Å². The maximum atomic E-state index is 12.8. The zero-order chi connectivity index (χ0) is 21.3. The summed E-state index contributed by atoms with van der Waals surface area (Å²) in [4.78, 5) is 41.0. The SMILES string of the molecule is CC(=O)c1cccc(NC(=O)Cn2cnc3c(cnn3-c3cccc(Cl)c3)c2=O)c1. The molecule has 2 heterocycles. The molecule has 150 valence electrons. The average Bonchev–Trinajstić information content (AvgIpc) is 3.15. The van der Waals surface area contributed by atoms with Gasteiger partial charge < -0.3 is 5.32 Å². The van der Waals surface area contributed by atoms with Crippen LogP contribution in [-0.2, 0) is 11.3 Å². The fourth-order valence-corrected chi connectivity index (χ4v) is 3.21. The Kier molecular flexibility index (Phi) is 5.16. The lowest BCUT2D eigenvalue weighted by Gasteiger charge is -2.08. The first-order chi connectivity index (χ1) is 14.4. The lowest BCUT2D eigenvalue weighted by Crippen LogP contribution is -2.27. The highest BCUT2D eigenvalue weighted by atomic mass is 35.5. The fourth-order valence-electron chi connectivity index (χ4n) is 3.03. The highest BCUT2D eigenvalue weighted by Gasteiger charge is 2.14. The normalized spacial score (nSPS) is 10.9. The summed E-state index contributed by atoms with van der Waals surface area (Å²) in [5.41, 5.74) is 1.62. The quantitative estimate of drug-likeness (QED) is 0.499. The second kappa shape index (κ2) is 7.92. The van der Waals surface area contributed by atoms with Gasteiger partial charge in [0.1, 0.15) is 18.3 Å². The highest BCUT2D eigenvalue weighted by Crippen LogP contribution is 2.17. The van der Waals surface area contributed by atoms with E-state index in [1.807, 2.05) is 0 Å². The summed E-state index contributed by atoms with van der Waals surface area (Å²) in [5, 5.41) is 7.73. The molecule has 0 aliphatic heterocycles. The summed E-state index contributed by atoms with van der Waals surface area (Å²) in [6.07, 6.45) is 2.72. The molecular formula is C21H16ClN5O3. The minimum Gasteiger partial charge on any atom is -0.325 e. The number of hydrogen-bond donors (Lipinski definition) is 1. The van der Waals surface area contributed by atoms with Crippen molar-refractivity contribution < 1.29 is 9.59 Å². The summed E-state index contributed by atoms with van der Waals surface area (Å²) in [6.45, 7) is 1.22. The van der Waals surface area contributed by atoms with Gasteiger partial charge in [-0.25, -0.2) is 9.67 Å². The minimum atomic E-state index is -0.416. The number of halogens is 1. The number of rotatable bonds is 5. The summed E-state index contributed by atoms with van der Waals surface area (Å²) in [5.74, 6) is -0.519. The molecule has 0 aliphatic carbocycles. The van der Waals surface area contributed by atoms with Gasteiger partial charge in [0.2, 0.25) is 5.91 Å². The number of ketones is 1. The zero-order valence-corrected chi connectivity index (χ0v) is 16.6. The molecule has 9 heteroatoms. The Balaban J connectivity index is 1.59. The van der Waals surface area contributed by atoms with E-state index >= 15 is 0 Å². The molecule has 1 N–H and O–H groups in total. The molecule has 1 amide bonds. The molecule has 0 saturated heterocycles. The Labute approximate surface area is 175 Å². The molecule has 2 aromatic carbocycles. The molecule has 0 bridgehead atoms. The third-order valence-electron chi connectivity index (χ3n) is 4.47. The number of anilines is 1. The molecule has 0 fully saturated rings. The number of benzene rings is 2. The number of aromatic nitrogens is 4. The predicted molar refractivity (Wildman–Crippen MR) is 113 cm³/mol. The van der Waals surface area contributed by atoms with Crippen LogP contribution >= 0.6 is 11.6 Å². The molecule has 0 spiro atoms. The summed E-state index contributed by atoms with van der Waals surface area (Å²) >= 11 is 6.03. The number of carbonyl (C=O) groups excluding carboxylic acids is 2. The van der Waals surface area contributed by atoms with E-state index in [0.29, 0.717) is 27.6 Å². The Morgan fingerprint density at radius 1 is 1.13 bits per heavy atom. The van der Waals surface area contributed by atoms with Crippen LogP contribution in [0.25, 0.3) is 16.7 Å². The number of fused-ring (bicyclic) bond motifs is 1. The van der Waals surface area contributed by atoms with Crippen LogP contribution in [0, 0.1) is 0 Å². The van der Waals surface area contributed by atoms with Crippen molar-refractivity contribution in [1.82, 2.24) is 19.3 Å². The topological polar surface area (TPSA) is 98.9 Å². The van der Waals surface area contributed by atoms with Crippen LogP contribution < -0.4 is 10.9 Å². The van der Waals surface area contributed by atoms with Crippen molar-refractivity contribution in [2.75, 3.05) is 5.32 Å². The third-order valence-corrected chi connectivity index (χ3v) is 4.71. The molecule has 0 aliphatic rings. The van der Waals surface area contributed by atoms with E-state index in [9.17, 15) is 14.4 Å². The molecule has 2 aromatic heterocycles. The fraction of sp³-hybridized carbons (Fsp3) is 0.0952. The molecule has 0 unspecified atom stereocenters. The first-order valence-corrected chi connectivity index (χ1v) is 9.40. The van der Waals surface area contributed by atoms with Gasteiger partial charge in [0.25, 0.3) is 5.56 Å². The first-order valence-electron chi connectivity index (χ1n) is 9.02. The molecule has 30 heavy (non-hydrogen) atoms. The van der Waals surface area contributed by atoms with Crippen molar-refractivity contribution in [2.45, 2.75) is 13.5 Å². The summed E-state index contributed by atoms with van der Waals surface area (Å²) in [7, 11) is 0. The van der Waals surface area contributed by atoms with E-state index in [1.54, 1.807) is 48.5 Å². The van der Waals surface area contributed by atoms with E-state index in [1.165, 1.54) is 28.7 Å². The van der Waals surface area contributed by atoms with E-state index < -0.39 is 5.91 Å². The second-order valence-electron chi connectivity index (χ2n) is 6.64. The van der Waals surface area contributed by atoms with Crippen molar-refractivity contribution in [3.63, 3.8) is 0 Å². The van der Waals surface area contributed by atoms with Gasteiger partial charge in [0.15, 0.2) is 11.4 Å². The number of amides is 1. The molecule has 4 rings (SSSR count). The van der Waals surface area contributed by atoms with Gasteiger partial charge in [-0.15, -0.1) is 0 Å². The Morgan fingerprint density at radius 2 is 1.93 bits per heavy atom. The van der Waals surface area contributed by atoms with E-state index in [4.69, 9.17) is 11.6 Å². The van der Waals surface area contributed by atoms with Crippen molar-refractivity contribution >= 4 is 40.0 Å². The van der Waals surface area contributed by atoms with Crippen LogP contribution in [0.15, 0.2) is 65.8 Å². The van der Waals surface area contributed by atoms with Crippen molar-refractivity contribution in [3.8, 4) is 5.69 Å². The second-order valence-corrected chi connectivity index (χ2v) is 7.07. The van der Waals surface area contributed by atoms with E-state index in [2.05, 4.69) is 15.4 Å². The first kappa shape index (κ1) is 19.5. The Bertz CT molecular complexity index is 1340. The molecule has 8 nitrogen and oxygen atoms in total. The van der Waals surface area contributed by atoms with Gasteiger partial charge in [0, 0.05) is 16.3 Å². The largest absolute Gasteiger partial charge is 0.325 e. The van der Waals surface area contributed by atoms with Crippen molar-refractivity contribution in [2.24, 2.45) is 0 Å². The smallest absolute Gasteiger partial charge is 0.264 e.